The zero-order chi connectivity index (χ0) is 12.3. The van der Waals surface area contributed by atoms with E-state index in [-0.39, 0.29) is 5.82 Å². The van der Waals surface area contributed by atoms with Gasteiger partial charge in [-0.1, -0.05) is 19.1 Å². The zero-order valence-electron chi connectivity index (χ0n) is 9.26. The van der Waals surface area contributed by atoms with Crippen molar-refractivity contribution in [1.82, 2.24) is 0 Å². The van der Waals surface area contributed by atoms with Crippen molar-refractivity contribution in [2.45, 2.75) is 26.7 Å². The van der Waals surface area contributed by atoms with Gasteiger partial charge in [-0.25, -0.2) is 4.39 Å². The Kier molecular flexibility index (Phi) is 4.08. The molecule has 2 nitrogen and oxygen atoms in total. The standard InChI is InChI=1S/C12H14BrFO2/c1-3-12(2,11(15)16)7-8-5-4-6-9(14)10(8)13/h4-6H,3,7H2,1-2H3,(H,15,16). The Balaban J connectivity index is 3.04. The van der Waals surface area contributed by atoms with E-state index in [4.69, 9.17) is 5.11 Å². The number of halogens is 2. The van der Waals surface area contributed by atoms with Crippen molar-refractivity contribution in [2.24, 2.45) is 5.41 Å². The lowest BCUT2D eigenvalue weighted by Gasteiger charge is -2.23. The van der Waals surface area contributed by atoms with E-state index in [2.05, 4.69) is 15.9 Å². The number of carbonyl (C=O) groups is 1. The Bertz CT molecular complexity index is 406. The molecule has 0 amide bonds. The predicted molar refractivity (Wildman–Crippen MR) is 63.8 cm³/mol. The summed E-state index contributed by atoms with van der Waals surface area (Å²) in [4.78, 5) is 11.1. The van der Waals surface area contributed by atoms with E-state index in [9.17, 15) is 9.18 Å². The van der Waals surface area contributed by atoms with Crippen LogP contribution in [0.4, 0.5) is 4.39 Å². The van der Waals surface area contributed by atoms with E-state index in [1.165, 1.54) is 6.07 Å². The van der Waals surface area contributed by atoms with Gasteiger partial charge in [0.15, 0.2) is 0 Å². The molecule has 0 radical (unpaired) electrons. The highest BCUT2D eigenvalue weighted by Gasteiger charge is 2.32. The first-order valence-corrected chi connectivity index (χ1v) is 5.86. The fraction of sp³-hybridized carbons (Fsp3) is 0.417. The Morgan fingerprint density at radius 1 is 1.56 bits per heavy atom. The minimum Gasteiger partial charge on any atom is -0.481 e. The number of carboxylic acids is 1. The van der Waals surface area contributed by atoms with E-state index >= 15 is 0 Å². The molecule has 0 aliphatic carbocycles. The molecule has 1 unspecified atom stereocenters. The van der Waals surface area contributed by atoms with Gasteiger partial charge in [0.05, 0.1) is 9.89 Å². The SMILES string of the molecule is CCC(C)(Cc1cccc(F)c1Br)C(=O)O. The molecule has 0 aliphatic rings. The molecule has 0 aromatic heterocycles. The first-order chi connectivity index (χ1) is 7.40. The lowest BCUT2D eigenvalue weighted by molar-refractivity contribution is -0.148. The molecule has 1 aromatic carbocycles. The summed E-state index contributed by atoms with van der Waals surface area (Å²) >= 11 is 3.14. The first kappa shape index (κ1) is 13.2. The maximum atomic E-state index is 13.3. The highest BCUT2D eigenvalue weighted by Crippen LogP contribution is 2.31. The van der Waals surface area contributed by atoms with Crippen molar-refractivity contribution < 1.29 is 14.3 Å². The molecule has 4 heteroatoms. The summed E-state index contributed by atoms with van der Waals surface area (Å²) in [5.74, 6) is -1.22. The van der Waals surface area contributed by atoms with Crippen molar-refractivity contribution in [2.75, 3.05) is 0 Å². The summed E-state index contributed by atoms with van der Waals surface area (Å²) in [6, 6.07) is 4.68. The van der Waals surface area contributed by atoms with Crippen molar-refractivity contribution in [3.05, 3.63) is 34.1 Å². The molecule has 0 bridgehead atoms. The normalized spacial score (nSPS) is 14.5. The molecular formula is C12H14BrFO2. The van der Waals surface area contributed by atoms with Crippen molar-refractivity contribution >= 4 is 21.9 Å². The molecule has 0 saturated carbocycles. The molecule has 1 rings (SSSR count). The molecule has 1 N–H and O–H groups in total. The summed E-state index contributed by atoms with van der Waals surface area (Å²) in [5.41, 5.74) is -0.164. The highest BCUT2D eigenvalue weighted by molar-refractivity contribution is 9.10. The van der Waals surface area contributed by atoms with Gasteiger partial charge >= 0.3 is 5.97 Å². The summed E-state index contributed by atoms with van der Waals surface area (Å²) in [6.45, 7) is 3.49. The van der Waals surface area contributed by atoms with Crippen molar-refractivity contribution in [3.8, 4) is 0 Å². The van der Waals surface area contributed by atoms with Gasteiger partial charge in [0, 0.05) is 0 Å². The van der Waals surface area contributed by atoms with E-state index in [1.54, 1.807) is 19.1 Å². The van der Waals surface area contributed by atoms with Crippen molar-refractivity contribution in [3.63, 3.8) is 0 Å². The van der Waals surface area contributed by atoms with Crippen LogP contribution in [-0.4, -0.2) is 11.1 Å². The third-order valence-electron chi connectivity index (χ3n) is 2.91. The summed E-state index contributed by atoms with van der Waals surface area (Å²) in [7, 11) is 0. The second kappa shape index (κ2) is 4.95. The molecule has 1 aromatic rings. The highest BCUT2D eigenvalue weighted by atomic mass is 79.9. The summed E-state index contributed by atoms with van der Waals surface area (Å²) in [6.07, 6.45) is 0.822. The molecule has 88 valence electrons. The molecule has 0 saturated heterocycles. The van der Waals surface area contributed by atoms with Gasteiger partial charge in [-0.2, -0.15) is 0 Å². The van der Waals surface area contributed by atoms with Crippen LogP contribution in [-0.2, 0) is 11.2 Å². The molecule has 0 fully saturated rings. The molecular weight excluding hydrogens is 275 g/mol. The fourth-order valence-electron chi connectivity index (χ4n) is 1.46. The van der Waals surface area contributed by atoms with Crippen LogP contribution in [0.3, 0.4) is 0 Å². The number of rotatable bonds is 4. The fourth-order valence-corrected chi connectivity index (χ4v) is 1.86. The second-order valence-electron chi connectivity index (χ2n) is 4.11. The largest absolute Gasteiger partial charge is 0.481 e. The topological polar surface area (TPSA) is 37.3 Å². The van der Waals surface area contributed by atoms with Gasteiger partial charge in [0.2, 0.25) is 0 Å². The summed E-state index contributed by atoms with van der Waals surface area (Å²) in [5, 5.41) is 9.14. The van der Waals surface area contributed by atoms with Gasteiger partial charge in [-0.15, -0.1) is 0 Å². The quantitative estimate of drug-likeness (QED) is 0.919. The van der Waals surface area contributed by atoms with Crippen LogP contribution in [0.1, 0.15) is 25.8 Å². The lowest BCUT2D eigenvalue weighted by Crippen LogP contribution is -2.29. The zero-order valence-corrected chi connectivity index (χ0v) is 10.8. The Labute approximate surface area is 103 Å². The van der Waals surface area contributed by atoms with Gasteiger partial charge in [-0.05, 0) is 47.3 Å². The Hall–Kier alpha value is -0.900. The second-order valence-corrected chi connectivity index (χ2v) is 4.90. The number of carboxylic acid groups (broad SMARTS) is 1. The average Bonchev–Trinajstić information content (AvgIpc) is 2.24. The van der Waals surface area contributed by atoms with E-state index in [0.29, 0.717) is 22.9 Å². The minimum absolute atomic E-state index is 0.317. The van der Waals surface area contributed by atoms with Crippen LogP contribution in [0.25, 0.3) is 0 Å². The van der Waals surface area contributed by atoms with Gasteiger partial charge in [0.25, 0.3) is 0 Å². The first-order valence-electron chi connectivity index (χ1n) is 5.07. The maximum Gasteiger partial charge on any atom is 0.309 e. The minimum atomic E-state index is -0.855. The molecule has 0 aliphatic heterocycles. The third kappa shape index (κ3) is 2.61. The molecule has 0 heterocycles. The molecule has 0 spiro atoms. The lowest BCUT2D eigenvalue weighted by atomic mass is 9.81. The summed E-state index contributed by atoms with van der Waals surface area (Å²) < 4.78 is 13.6. The van der Waals surface area contributed by atoms with Crippen LogP contribution in [0.15, 0.2) is 22.7 Å². The molecule has 16 heavy (non-hydrogen) atoms. The average molecular weight is 289 g/mol. The van der Waals surface area contributed by atoms with Crippen LogP contribution in [0, 0.1) is 11.2 Å². The van der Waals surface area contributed by atoms with E-state index in [1.807, 2.05) is 6.92 Å². The van der Waals surface area contributed by atoms with Gasteiger partial charge in [-0.3, -0.25) is 4.79 Å². The number of hydrogen-bond donors (Lipinski definition) is 1. The number of aliphatic carboxylic acids is 1. The van der Waals surface area contributed by atoms with E-state index in [0.717, 1.165) is 0 Å². The van der Waals surface area contributed by atoms with Crippen molar-refractivity contribution in [1.29, 1.82) is 0 Å². The van der Waals surface area contributed by atoms with Crippen LogP contribution in [0.5, 0.6) is 0 Å². The Morgan fingerprint density at radius 2 is 2.19 bits per heavy atom. The van der Waals surface area contributed by atoms with E-state index < -0.39 is 11.4 Å². The van der Waals surface area contributed by atoms with Crippen LogP contribution >= 0.6 is 15.9 Å². The maximum absolute atomic E-state index is 13.3. The van der Waals surface area contributed by atoms with Gasteiger partial charge in [0.1, 0.15) is 5.82 Å². The molecule has 1 atom stereocenters. The smallest absolute Gasteiger partial charge is 0.309 e. The van der Waals surface area contributed by atoms with Gasteiger partial charge < -0.3 is 5.11 Å². The van der Waals surface area contributed by atoms with Crippen LogP contribution in [0.2, 0.25) is 0 Å². The predicted octanol–water partition coefficient (Wildman–Crippen LogP) is 3.63. The Morgan fingerprint density at radius 3 is 2.69 bits per heavy atom. The monoisotopic (exact) mass is 288 g/mol. The number of benzene rings is 1. The van der Waals surface area contributed by atoms with Crippen LogP contribution < -0.4 is 0 Å². The third-order valence-corrected chi connectivity index (χ3v) is 3.80. The number of hydrogen-bond acceptors (Lipinski definition) is 1.